The number of rotatable bonds is 1. The van der Waals surface area contributed by atoms with Gasteiger partial charge in [0.05, 0.1) is 13.2 Å². The monoisotopic (exact) mass is 128 g/mol. The van der Waals surface area contributed by atoms with Crippen LogP contribution in [0.25, 0.3) is 0 Å². The third-order valence-electron chi connectivity index (χ3n) is 1.56. The molecule has 1 rings (SSSR count). The minimum absolute atomic E-state index is 0.142. The lowest BCUT2D eigenvalue weighted by Gasteiger charge is -2.16. The van der Waals surface area contributed by atoms with Crippen LogP contribution < -0.4 is 5.32 Å². The van der Waals surface area contributed by atoms with E-state index in [0.717, 1.165) is 6.67 Å². The highest BCUT2D eigenvalue weighted by Crippen LogP contribution is 1.99. The molecule has 0 spiro atoms. The second-order valence-electron chi connectivity index (χ2n) is 2.60. The third-order valence-corrected chi connectivity index (χ3v) is 1.56. The third kappa shape index (κ3) is 1.42. The fourth-order valence-electron chi connectivity index (χ4n) is 0.851. The number of amides is 1. The van der Waals surface area contributed by atoms with E-state index >= 15 is 0 Å². The summed E-state index contributed by atoms with van der Waals surface area (Å²) in [5.74, 6) is 0.142. The molecule has 0 atom stereocenters. The molecule has 1 aliphatic rings. The Morgan fingerprint density at radius 2 is 2.33 bits per heavy atom. The van der Waals surface area contributed by atoms with E-state index in [0.29, 0.717) is 12.6 Å². The van der Waals surface area contributed by atoms with Crippen molar-refractivity contribution in [1.82, 2.24) is 10.2 Å². The zero-order valence-electron chi connectivity index (χ0n) is 5.85. The van der Waals surface area contributed by atoms with E-state index in [4.69, 9.17) is 0 Å². The van der Waals surface area contributed by atoms with E-state index in [1.54, 1.807) is 0 Å². The summed E-state index contributed by atoms with van der Waals surface area (Å²) in [6.45, 7) is 5.45. The molecule has 0 radical (unpaired) electrons. The van der Waals surface area contributed by atoms with Gasteiger partial charge in [-0.25, -0.2) is 0 Å². The standard InChI is InChI=1S/C6H12N2O/c1-5(2)8-3-6(9)7-4-8/h5H,3-4H2,1-2H3,(H,7,9). The molecule has 0 unspecified atom stereocenters. The maximum absolute atomic E-state index is 10.6. The maximum atomic E-state index is 10.6. The van der Waals surface area contributed by atoms with Crippen molar-refractivity contribution in [2.75, 3.05) is 13.2 Å². The minimum atomic E-state index is 0.142. The summed E-state index contributed by atoms with van der Waals surface area (Å²) in [6, 6.07) is 0.476. The van der Waals surface area contributed by atoms with Crippen LogP contribution in [0.2, 0.25) is 0 Å². The molecular formula is C6H12N2O. The normalized spacial score (nSPS) is 21.0. The summed E-state index contributed by atoms with van der Waals surface area (Å²) < 4.78 is 0. The van der Waals surface area contributed by atoms with Crippen LogP contribution in [-0.4, -0.2) is 30.1 Å². The number of hydrogen-bond acceptors (Lipinski definition) is 2. The highest BCUT2D eigenvalue weighted by Gasteiger charge is 2.19. The van der Waals surface area contributed by atoms with Crippen molar-refractivity contribution in [2.24, 2.45) is 0 Å². The Labute approximate surface area is 55.0 Å². The molecule has 9 heavy (non-hydrogen) atoms. The SMILES string of the molecule is CC(C)N1CNC(=O)C1. The van der Waals surface area contributed by atoms with Crippen LogP contribution in [0.4, 0.5) is 0 Å². The molecule has 1 heterocycles. The van der Waals surface area contributed by atoms with Gasteiger partial charge in [0.1, 0.15) is 0 Å². The number of nitrogens with zero attached hydrogens (tertiary/aromatic N) is 1. The molecule has 3 heteroatoms. The smallest absolute Gasteiger partial charge is 0.235 e. The van der Waals surface area contributed by atoms with Crippen LogP contribution in [-0.2, 0) is 4.79 Å². The second kappa shape index (κ2) is 2.35. The topological polar surface area (TPSA) is 32.3 Å². The van der Waals surface area contributed by atoms with Gasteiger partial charge < -0.3 is 5.32 Å². The molecule has 1 fully saturated rings. The predicted octanol–water partition coefficient (Wildman–Crippen LogP) is -0.216. The van der Waals surface area contributed by atoms with Crippen molar-refractivity contribution in [2.45, 2.75) is 19.9 Å². The summed E-state index contributed by atoms with van der Waals surface area (Å²) in [7, 11) is 0. The van der Waals surface area contributed by atoms with Crippen molar-refractivity contribution < 1.29 is 4.79 Å². The van der Waals surface area contributed by atoms with Gasteiger partial charge in [-0.15, -0.1) is 0 Å². The van der Waals surface area contributed by atoms with Gasteiger partial charge in [0.25, 0.3) is 0 Å². The molecule has 0 aromatic heterocycles. The Hall–Kier alpha value is -0.570. The Morgan fingerprint density at radius 3 is 2.56 bits per heavy atom. The van der Waals surface area contributed by atoms with Crippen LogP contribution in [0.3, 0.4) is 0 Å². The van der Waals surface area contributed by atoms with Crippen molar-refractivity contribution >= 4 is 5.91 Å². The van der Waals surface area contributed by atoms with Gasteiger partial charge in [0.2, 0.25) is 5.91 Å². The van der Waals surface area contributed by atoms with Gasteiger partial charge in [0, 0.05) is 6.04 Å². The molecule has 1 amide bonds. The highest BCUT2D eigenvalue weighted by molar-refractivity contribution is 5.79. The van der Waals surface area contributed by atoms with Crippen molar-refractivity contribution in [1.29, 1.82) is 0 Å². The molecular weight excluding hydrogens is 116 g/mol. The van der Waals surface area contributed by atoms with Crippen molar-refractivity contribution in [3.8, 4) is 0 Å². The summed E-state index contributed by atoms with van der Waals surface area (Å²) in [4.78, 5) is 12.7. The van der Waals surface area contributed by atoms with Gasteiger partial charge in [-0.1, -0.05) is 0 Å². The molecule has 1 aliphatic heterocycles. The number of carbonyl (C=O) groups excluding carboxylic acids is 1. The molecule has 0 saturated carbocycles. The largest absolute Gasteiger partial charge is 0.342 e. The van der Waals surface area contributed by atoms with Crippen LogP contribution in [0.15, 0.2) is 0 Å². The van der Waals surface area contributed by atoms with Gasteiger partial charge in [-0.2, -0.15) is 0 Å². The number of carbonyl (C=O) groups is 1. The van der Waals surface area contributed by atoms with E-state index < -0.39 is 0 Å². The van der Waals surface area contributed by atoms with E-state index in [9.17, 15) is 4.79 Å². The summed E-state index contributed by atoms with van der Waals surface area (Å²) in [5.41, 5.74) is 0. The second-order valence-corrected chi connectivity index (χ2v) is 2.60. The lowest BCUT2D eigenvalue weighted by atomic mass is 10.3. The minimum Gasteiger partial charge on any atom is -0.342 e. The van der Waals surface area contributed by atoms with Crippen LogP contribution >= 0.6 is 0 Å². The zero-order chi connectivity index (χ0) is 6.85. The van der Waals surface area contributed by atoms with Crippen LogP contribution in [0.1, 0.15) is 13.8 Å². The van der Waals surface area contributed by atoms with Crippen LogP contribution in [0, 0.1) is 0 Å². The van der Waals surface area contributed by atoms with Gasteiger partial charge >= 0.3 is 0 Å². The Morgan fingerprint density at radius 1 is 1.67 bits per heavy atom. The first kappa shape index (κ1) is 6.55. The zero-order valence-corrected chi connectivity index (χ0v) is 5.85. The van der Waals surface area contributed by atoms with Crippen molar-refractivity contribution in [3.05, 3.63) is 0 Å². The fourth-order valence-corrected chi connectivity index (χ4v) is 0.851. The molecule has 0 aromatic rings. The Balaban J connectivity index is 2.39. The van der Waals surface area contributed by atoms with E-state index in [1.807, 2.05) is 0 Å². The van der Waals surface area contributed by atoms with Gasteiger partial charge in [0.15, 0.2) is 0 Å². The average Bonchev–Trinajstić information content (AvgIpc) is 2.14. The van der Waals surface area contributed by atoms with Gasteiger partial charge in [-0.3, -0.25) is 9.69 Å². The molecule has 0 aromatic carbocycles. The lowest BCUT2D eigenvalue weighted by molar-refractivity contribution is -0.118. The molecule has 1 saturated heterocycles. The summed E-state index contributed by atoms with van der Waals surface area (Å²) in [5, 5.41) is 2.74. The molecule has 0 bridgehead atoms. The van der Waals surface area contributed by atoms with Gasteiger partial charge in [-0.05, 0) is 13.8 Å². The van der Waals surface area contributed by atoms with E-state index in [2.05, 4.69) is 24.1 Å². The highest BCUT2D eigenvalue weighted by atomic mass is 16.2. The maximum Gasteiger partial charge on any atom is 0.235 e. The number of nitrogens with one attached hydrogen (secondary N) is 1. The summed E-state index contributed by atoms with van der Waals surface area (Å²) >= 11 is 0. The molecule has 1 N–H and O–H groups in total. The first-order chi connectivity index (χ1) is 4.20. The Bertz CT molecular complexity index is 122. The van der Waals surface area contributed by atoms with Crippen LogP contribution in [0.5, 0.6) is 0 Å². The first-order valence-electron chi connectivity index (χ1n) is 3.21. The Kier molecular flexibility index (Phi) is 1.71. The first-order valence-corrected chi connectivity index (χ1v) is 3.21. The van der Waals surface area contributed by atoms with E-state index in [1.165, 1.54) is 0 Å². The van der Waals surface area contributed by atoms with E-state index in [-0.39, 0.29) is 5.91 Å². The van der Waals surface area contributed by atoms with Crippen molar-refractivity contribution in [3.63, 3.8) is 0 Å². The lowest BCUT2D eigenvalue weighted by Crippen LogP contribution is -2.29. The average molecular weight is 128 g/mol. The predicted molar refractivity (Wildman–Crippen MR) is 34.9 cm³/mol. The summed E-state index contributed by atoms with van der Waals surface area (Å²) in [6.07, 6.45) is 0. The number of hydrogen-bond donors (Lipinski definition) is 1. The fraction of sp³-hybridized carbons (Fsp3) is 0.833. The molecule has 0 aliphatic carbocycles. The quantitative estimate of drug-likeness (QED) is 0.529. The molecule has 52 valence electrons. The molecule has 3 nitrogen and oxygen atoms in total.